The second kappa shape index (κ2) is 6.00. The summed E-state index contributed by atoms with van der Waals surface area (Å²) >= 11 is 2.28. The van der Waals surface area contributed by atoms with Crippen LogP contribution in [0.4, 0.5) is 5.69 Å². The molecule has 0 heterocycles. The van der Waals surface area contributed by atoms with E-state index in [9.17, 15) is 4.79 Å². The summed E-state index contributed by atoms with van der Waals surface area (Å²) in [6.07, 6.45) is 0. The molecule has 0 aliphatic heterocycles. The van der Waals surface area contributed by atoms with Crippen molar-refractivity contribution in [1.29, 1.82) is 0 Å². The third-order valence-corrected chi connectivity index (χ3v) is 3.65. The normalized spacial score (nSPS) is 10.1. The van der Waals surface area contributed by atoms with Crippen LogP contribution in [0.5, 0.6) is 0 Å². The molecule has 0 bridgehead atoms. The summed E-state index contributed by atoms with van der Waals surface area (Å²) in [5.74, 6) is 0.137. The third kappa shape index (κ3) is 3.10. The number of rotatable bonds is 4. The lowest BCUT2D eigenvalue weighted by molar-refractivity contribution is 0.100. The number of Topliss-reactive ketones (excluding diaryl/α,β-unsaturated/α-hetero) is 1. The molecule has 0 spiro atoms. The number of halogens is 1. The number of hydrogen-bond donors (Lipinski definition) is 0. The van der Waals surface area contributed by atoms with Gasteiger partial charge in [-0.15, -0.1) is 0 Å². The SMILES string of the molecule is CN(CC(=O)c1ccccc1)c1ccccc1I. The molecular formula is C15H14INO. The predicted octanol–water partition coefficient (Wildman–Crippen LogP) is 3.61. The number of likely N-dealkylation sites (N-methyl/N-ethyl adjacent to an activating group) is 1. The molecule has 3 heteroatoms. The Morgan fingerprint density at radius 1 is 1.06 bits per heavy atom. The molecule has 0 aliphatic rings. The molecule has 0 amide bonds. The van der Waals surface area contributed by atoms with Gasteiger partial charge in [-0.2, -0.15) is 0 Å². The second-order valence-electron chi connectivity index (χ2n) is 4.10. The van der Waals surface area contributed by atoms with Crippen LogP contribution in [-0.4, -0.2) is 19.4 Å². The quantitative estimate of drug-likeness (QED) is 0.620. The first-order chi connectivity index (χ1) is 8.68. The lowest BCUT2D eigenvalue weighted by Crippen LogP contribution is -2.26. The maximum absolute atomic E-state index is 12.1. The molecule has 0 saturated carbocycles. The molecule has 0 aromatic heterocycles. The molecule has 0 fully saturated rings. The summed E-state index contributed by atoms with van der Waals surface area (Å²) < 4.78 is 1.15. The van der Waals surface area contributed by atoms with Crippen molar-refractivity contribution in [2.75, 3.05) is 18.5 Å². The van der Waals surface area contributed by atoms with Crippen molar-refractivity contribution in [2.24, 2.45) is 0 Å². The van der Waals surface area contributed by atoms with Crippen molar-refractivity contribution in [3.8, 4) is 0 Å². The highest BCUT2D eigenvalue weighted by molar-refractivity contribution is 14.1. The monoisotopic (exact) mass is 351 g/mol. The van der Waals surface area contributed by atoms with E-state index in [1.165, 1.54) is 0 Å². The Hall–Kier alpha value is -1.36. The summed E-state index contributed by atoms with van der Waals surface area (Å²) in [7, 11) is 1.94. The molecule has 2 aromatic carbocycles. The van der Waals surface area contributed by atoms with Crippen LogP contribution >= 0.6 is 22.6 Å². The summed E-state index contributed by atoms with van der Waals surface area (Å²) in [4.78, 5) is 14.1. The highest BCUT2D eigenvalue weighted by atomic mass is 127. The average Bonchev–Trinajstić information content (AvgIpc) is 2.40. The van der Waals surface area contributed by atoms with Gasteiger partial charge in [0.1, 0.15) is 0 Å². The molecule has 2 rings (SSSR count). The molecule has 0 radical (unpaired) electrons. The molecule has 2 aromatic rings. The fourth-order valence-electron chi connectivity index (χ4n) is 1.78. The topological polar surface area (TPSA) is 20.3 Å². The number of hydrogen-bond acceptors (Lipinski definition) is 2. The molecule has 92 valence electrons. The number of carbonyl (C=O) groups is 1. The standard InChI is InChI=1S/C15H14INO/c1-17(14-10-6-5-9-13(14)16)11-15(18)12-7-3-2-4-8-12/h2-10H,11H2,1H3. The number of benzene rings is 2. The Labute approximate surface area is 121 Å². The molecule has 0 aliphatic carbocycles. The van der Waals surface area contributed by atoms with Crippen molar-refractivity contribution in [1.82, 2.24) is 0 Å². The number of anilines is 1. The highest BCUT2D eigenvalue weighted by Gasteiger charge is 2.11. The summed E-state index contributed by atoms with van der Waals surface area (Å²) in [5.41, 5.74) is 1.85. The highest BCUT2D eigenvalue weighted by Crippen LogP contribution is 2.20. The van der Waals surface area contributed by atoms with Gasteiger partial charge in [0.2, 0.25) is 0 Å². The Morgan fingerprint density at radius 2 is 1.67 bits per heavy atom. The van der Waals surface area contributed by atoms with Crippen molar-refractivity contribution in [2.45, 2.75) is 0 Å². The van der Waals surface area contributed by atoms with E-state index in [-0.39, 0.29) is 5.78 Å². The fourth-order valence-corrected chi connectivity index (χ4v) is 2.58. The van der Waals surface area contributed by atoms with Crippen molar-refractivity contribution in [3.05, 3.63) is 63.7 Å². The van der Waals surface area contributed by atoms with Gasteiger partial charge in [-0.05, 0) is 34.7 Å². The second-order valence-corrected chi connectivity index (χ2v) is 5.26. The van der Waals surface area contributed by atoms with Gasteiger partial charge >= 0.3 is 0 Å². The van der Waals surface area contributed by atoms with Crippen LogP contribution < -0.4 is 4.90 Å². The van der Waals surface area contributed by atoms with E-state index in [4.69, 9.17) is 0 Å². The maximum Gasteiger partial charge on any atom is 0.182 e. The van der Waals surface area contributed by atoms with Crippen LogP contribution in [-0.2, 0) is 0 Å². The molecule has 2 nitrogen and oxygen atoms in total. The molecular weight excluding hydrogens is 337 g/mol. The van der Waals surface area contributed by atoms with Crippen molar-refractivity contribution in [3.63, 3.8) is 0 Å². The zero-order chi connectivity index (χ0) is 13.0. The number of carbonyl (C=O) groups excluding carboxylic acids is 1. The average molecular weight is 351 g/mol. The Bertz CT molecular complexity index is 539. The van der Waals surface area contributed by atoms with Crippen LogP contribution in [0.25, 0.3) is 0 Å². The van der Waals surface area contributed by atoms with Gasteiger partial charge in [0.05, 0.1) is 12.2 Å². The summed E-state index contributed by atoms with van der Waals surface area (Å²) in [6, 6.07) is 17.5. The minimum atomic E-state index is 0.137. The van der Waals surface area contributed by atoms with Crippen LogP contribution in [0.1, 0.15) is 10.4 Å². The minimum Gasteiger partial charge on any atom is -0.366 e. The van der Waals surface area contributed by atoms with Gasteiger partial charge in [0.15, 0.2) is 5.78 Å². The van der Waals surface area contributed by atoms with Crippen molar-refractivity contribution >= 4 is 34.1 Å². The Balaban J connectivity index is 2.11. The first kappa shape index (κ1) is 13.1. The van der Waals surface area contributed by atoms with E-state index in [1.54, 1.807) is 0 Å². The number of para-hydroxylation sites is 1. The largest absolute Gasteiger partial charge is 0.366 e. The maximum atomic E-state index is 12.1. The number of ketones is 1. The number of nitrogens with zero attached hydrogens (tertiary/aromatic N) is 1. The third-order valence-electron chi connectivity index (χ3n) is 2.74. The van der Waals surface area contributed by atoms with Crippen LogP contribution in [0.15, 0.2) is 54.6 Å². The zero-order valence-electron chi connectivity index (χ0n) is 10.1. The van der Waals surface area contributed by atoms with Gasteiger partial charge in [0.25, 0.3) is 0 Å². The van der Waals surface area contributed by atoms with Gasteiger partial charge in [-0.25, -0.2) is 0 Å². The molecule has 18 heavy (non-hydrogen) atoms. The first-order valence-corrected chi connectivity index (χ1v) is 6.80. The lowest BCUT2D eigenvalue weighted by atomic mass is 10.1. The van der Waals surface area contributed by atoms with E-state index < -0.39 is 0 Å². The minimum absolute atomic E-state index is 0.137. The van der Waals surface area contributed by atoms with E-state index in [0.29, 0.717) is 6.54 Å². The van der Waals surface area contributed by atoms with Gasteiger partial charge in [-0.3, -0.25) is 4.79 Å². The van der Waals surface area contributed by atoms with Crippen LogP contribution in [0.2, 0.25) is 0 Å². The van der Waals surface area contributed by atoms with Gasteiger partial charge < -0.3 is 4.90 Å². The lowest BCUT2D eigenvalue weighted by Gasteiger charge is -2.19. The van der Waals surface area contributed by atoms with E-state index >= 15 is 0 Å². The molecule has 0 N–H and O–H groups in total. The molecule has 0 saturated heterocycles. The molecule has 0 atom stereocenters. The van der Waals surface area contributed by atoms with E-state index in [1.807, 2.05) is 66.5 Å². The van der Waals surface area contributed by atoms with Crippen LogP contribution in [0.3, 0.4) is 0 Å². The van der Waals surface area contributed by atoms with Crippen LogP contribution in [0, 0.1) is 3.57 Å². The predicted molar refractivity (Wildman–Crippen MR) is 83.2 cm³/mol. The summed E-state index contributed by atoms with van der Waals surface area (Å²) in [5, 5.41) is 0. The van der Waals surface area contributed by atoms with E-state index in [0.717, 1.165) is 14.8 Å². The van der Waals surface area contributed by atoms with Crippen molar-refractivity contribution < 1.29 is 4.79 Å². The zero-order valence-corrected chi connectivity index (χ0v) is 12.3. The molecule has 0 unspecified atom stereocenters. The van der Waals surface area contributed by atoms with E-state index in [2.05, 4.69) is 22.6 Å². The first-order valence-electron chi connectivity index (χ1n) is 5.72. The Morgan fingerprint density at radius 3 is 2.33 bits per heavy atom. The summed E-state index contributed by atoms with van der Waals surface area (Å²) in [6.45, 7) is 0.393. The smallest absolute Gasteiger partial charge is 0.182 e. The Kier molecular flexibility index (Phi) is 4.36. The van der Waals surface area contributed by atoms with Gasteiger partial charge in [0, 0.05) is 16.2 Å². The fraction of sp³-hybridized carbons (Fsp3) is 0.133. The van der Waals surface area contributed by atoms with Gasteiger partial charge in [-0.1, -0.05) is 42.5 Å².